The van der Waals surface area contributed by atoms with Crippen LogP contribution in [0.3, 0.4) is 0 Å². The predicted octanol–water partition coefficient (Wildman–Crippen LogP) is 2.63. The number of halogens is 1. The summed E-state index contributed by atoms with van der Waals surface area (Å²) in [6, 6.07) is 10.3. The third kappa shape index (κ3) is 6.00. The highest BCUT2D eigenvalue weighted by Gasteiger charge is 2.26. The van der Waals surface area contributed by atoms with Gasteiger partial charge in [-0.1, -0.05) is 31.5 Å². The zero-order valence-electron chi connectivity index (χ0n) is 16.4. The van der Waals surface area contributed by atoms with Crippen molar-refractivity contribution in [1.29, 1.82) is 0 Å². The van der Waals surface area contributed by atoms with Gasteiger partial charge in [0.05, 0.1) is 6.54 Å². The fourth-order valence-electron chi connectivity index (χ4n) is 3.49. The van der Waals surface area contributed by atoms with E-state index in [0.29, 0.717) is 17.8 Å². The topological polar surface area (TPSA) is 84.2 Å². The van der Waals surface area contributed by atoms with Gasteiger partial charge in [-0.15, -0.1) is 34.2 Å². The van der Waals surface area contributed by atoms with E-state index in [1.54, 1.807) is 13.4 Å². The van der Waals surface area contributed by atoms with Gasteiger partial charge in [0, 0.05) is 40.6 Å². The summed E-state index contributed by atoms with van der Waals surface area (Å²) < 4.78 is 14.1. The van der Waals surface area contributed by atoms with E-state index in [1.807, 2.05) is 41.8 Å². The Morgan fingerprint density at radius 3 is 2.82 bits per heavy atom. The molecule has 3 rings (SSSR count). The molecule has 0 spiro atoms. The molecule has 1 aromatic heterocycles. The van der Waals surface area contributed by atoms with Crippen molar-refractivity contribution in [2.45, 2.75) is 50.4 Å². The van der Waals surface area contributed by atoms with Gasteiger partial charge in [0.15, 0.2) is 11.8 Å². The third-order valence-corrected chi connectivity index (χ3v) is 6.65. The molecule has 1 aliphatic carbocycles. The van der Waals surface area contributed by atoms with Crippen molar-refractivity contribution in [3.8, 4) is 5.69 Å². The van der Waals surface area contributed by atoms with Crippen molar-refractivity contribution in [2.75, 3.05) is 12.8 Å². The lowest BCUT2D eigenvalue weighted by atomic mass is 9.95. The van der Waals surface area contributed by atoms with Gasteiger partial charge in [0.25, 0.3) is 0 Å². The Morgan fingerprint density at radius 1 is 1.32 bits per heavy atom. The Labute approximate surface area is 186 Å². The molecule has 154 valence electrons. The zero-order chi connectivity index (χ0) is 19.1. The first-order valence-electron chi connectivity index (χ1n) is 9.50. The maximum absolute atomic E-state index is 12.1. The van der Waals surface area contributed by atoms with Crippen molar-refractivity contribution in [3.63, 3.8) is 0 Å². The highest BCUT2D eigenvalue weighted by atomic mass is 127. The fraction of sp³-hybridized carbons (Fsp3) is 0.526. The smallest absolute Gasteiger partial charge is 0.191 e. The maximum Gasteiger partial charge on any atom is 0.191 e. The van der Waals surface area contributed by atoms with Crippen LogP contribution >= 0.6 is 24.0 Å². The molecule has 1 aromatic carbocycles. The van der Waals surface area contributed by atoms with Gasteiger partial charge in [-0.2, -0.15) is 0 Å². The molecule has 0 saturated heterocycles. The fourth-order valence-corrected chi connectivity index (χ4v) is 4.83. The highest BCUT2D eigenvalue weighted by Crippen LogP contribution is 2.23. The molecular formula is C19H29IN6OS. The lowest BCUT2D eigenvalue weighted by molar-refractivity contribution is 0.413. The molecule has 0 amide bonds. The molecule has 2 N–H and O–H groups in total. The average Bonchev–Trinajstić information content (AvgIpc) is 3.20. The standard InChI is InChI=1S/C19H28N6OS.HI/c1-3-27(26)17-11-7-8-15(12-17)23-19(20-2)21-13-18-24-22-14-25(18)16-9-5-4-6-10-16;/h4-6,9-10,14-15,17H,3,7-8,11-13H2,1-2H3,(H2,20,21,23);1H. The minimum atomic E-state index is -0.725. The number of nitrogens with one attached hydrogen (secondary N) is 2. The third-order valence-electron chi connectivity index (χ3n) is 4.91. The first kappa shape index (κ1) is 22.8. The van der Waals surface area contributed by atoms with Crippen LogP contribution in [0.1, 0.15) is 38.4 Å². The molecule has 3 unspecified atom stereocenters. The summed E-state index contributed by atoms with van der Waals surface area (Å²) >= 11 is 0. The van der Waals surface area contributed by atoms with Crippen LogP contribution in [0.2, 0.25) is 0 Å². The number of hydrogen-bond donors (Lipinski definition) is 2. The van der Waals surface area contributed by atoms with Crippen LogP contribution in [0, 0.1) is 0 Å². The molecule has 1 aliphatic rings. The zero-order valence-corrected chi connectivity index (χ0v) is 19.5. The Bertz CT molecular complexity index is 782. The van der Waals surface area contributed by atoms with Gasteiger partial charge in [-0.05, 0) is 31.4 Å². The van der Waals surface area contributed by atoms with Crippen molar-refractivity contribution in [3.05, 3.63) is 42.5 Å². The Kier molecular flexibility index (Phi) is 9.36. The number of guanidine groups is 1. The summed E-state index contributed by atoms with van der Waals surface area (Å²) in [7, 11) is 1.04. The normalized spacial score (nSPS) is 20.9. The molecule has 1 fully saturated rings. The SMILES string of the molecule is CCS(=O)C1CCCC(NC(=NC)NCc2nncn2-c2ccccc2)C1.I. The number of hydrogen-bond acceptors (Lipinski definition) is 4. The number of nitrogens with zero attached hydrogens (tertiary/aromatic N) is 4. The van der Waals surface area contributed by atoms with E-state index in [9.17, 15) is 4.21 Å². The van der Waals surface area contributed by atoms with E-state index in [-0.39, 0.29) is 24.0 Å². The molecule has 0 bridgehead atoms. The number of aromatic nitrogens is 3. The number of aliphatic imine (C=N–C) groups is 1. The van der Waals surface area contributed by atoms with E-state index in [4.69, 9.17) is 0 Å². The first-order chi connectivity index (χ1) is 13.2. The summed E-state index contributed by atoms with van der Waals surface area (Å²) in [6.45, 7) is 2.52. The first-order valence-corrected chi connectivity index (χ1v) is 10.9. The molecule has 7 nitrogen and oxygen atoms in total. The van der Waals surface area contributed by atoms with Crippen molar-refractivity contribution in [2.24, 2.45) is 4.99 Å². The van der Waals surface area contributed by atoms with E-state index in [2.05, 4.69) is 25.8 Å². The second-order valence-corrected chi connectivity index (χ2v) is 8.68. The lowest BCUT2D eigenvalue weighted by Crippen LogP contribution is -2.46. The second kappa shape index (κ2) is 11.5. The van der Waals surface area contributed by atoms with Crippen molar-refractivity contribution >= 4 is 40.7 Å². The summed E-state index contributed by atoms with van der Waals surface area (Å²) in [5.41, 5.74) is 1.03. The number of para-hydroxylation sites is 1. The van der Waals surface area contributed by atoms with Crippen molar-refractivity contribution in [1.82, 2.24) is 25.4 Å². The molecular weight excluding hydrogens is 487 g/mol. The lowest BCUT2D eigenvalue weighted by Gasteiger charge is -2.30. The van der Waals surface area contributed by atoms with Gasteiger partial charge in [0.2, 0.25) is 0 Å². The second-order valence-electron chi connectivity index (χ2n) is 6.68. The Morgan fingerprint density at radius 2 is 2.11 bits per heavy atom. The Balaban J connectivity index is 0.00000280. The molecule has 9 heteroatoms. The predicted molar refractivity (Wildman–Crippen MR) is 125 cm³/mol. The van der Waals surface area contributed by atoms with E-state index >= 15 is 0 Å². The van der Waals surface area contributed by atoms with Crippen LogP contribution < -0.4 is 10.6 Å². The molecule has 28 heavy (non-hydrogen) atoms. The van der Waals surface area contributed by atoms with E-state index in [1.165, 1.54) is 0 Å². The summed E-state index contributed by atoms with van der Waals surface area (Å²) in [5.74, 6) is 2.29. The van der Waals surface area contributed by atoms with Gasteiger partial charge in [-0.25, -0.2) is 0 Å². The largest absolute Gasteiger partial charge is 0.354 e. The Hall–Kier alpha value is -1.49. The summed E-state index contributed by atoms with van der Waals surface area (Å²) in [5, 5.41) is 15.4. The molecule has 1 heterocycles. The minimum absolute atomic E-state index is 0. The maximum atomic E-state index is 12.1. The van der Waals surface area contributed by atoms with Gasteiger partial charge < -0.3 is 10.6 Å². The van der Waals surface area contributed by atoms with Crippen LogP contribution in [0.5, 0.6) is 0 Å². The highest BCUT2D eigenvalue weighted by molar-refractivity contribution is 14.0. The molecule has 3 atom stereocenters. The van der Waals surface area contributed by atoms with Crippen LogP contribution in [0.15, 0.2) is 41.7 Å². The van der Waals surface area contributed by atoms with Crippen LogP contribution in [-0.4, -0.2) is 49.0 Å². The van der Waals surface area contributed by atoms with Crippen LogP contribution in [-0.2, 0) is 17.3 Å². The van der Waals surface area contributed by atoms with Gasteiger partial charge in [0.1, 0.15) is 6.33 Å². The molecule has 0 radical (unpaired) electrons. The van der Waals surface area contributed by atoms with Gasteiger partial charge >= 0.3 is 0 Å². The monoisotopic (exact) mass is 516 g/mol. The van der Waals surface area contributed by atoms with Crippen LogP contribution in [0.4, 0.5) is 0 Å². The summed E-state index contributed by atoms with van der Waals surface area (Å²) in [6.07, 6.45) is 5.90. The summed E-state index contributed by atoms with van der Waals surface area (Å²) in [4.78, 5) is 4.34. The molecule has 1 saturated carbocycles. The van der Waals surface area contributed by atoms with Gasteiger partial charge in [-0.3, -0.25) is 13.8 Å². The van der Waals surface area contributed by atoms with Crippen LogP contribution in [0.25, 0.3) is 5.69 Å². The van der Waals surface area contributed by atoms with E-state index in [0.717, 1.165) is 48.9 Å². The van der Waals surface area contributed by atoms with Crippen molar-refractivity contribution < 1.29 is 4.21 Å². The number of benzene rings is 1. The quantitative estimate of drug-likeness (QED) is 0.351. The van der Waals surface area contributed by atoms with E-state index < -0.39 is 10.8 Å². The number of rotatable bonds is 6. The average molecular weight is 516 g/mol. The molecule has 2 aromatic rings. The molecule has 0 aliphatic heterocycles. The minimum Gasteiger partial charge on any atom is -0.354 e.